The Morgan fingerprint density at radius 3 is 3.08 bits per heavy atom. The van der Waals surface area contributed by atoms with Gasteiger partial charge >= 0.3 is 0 Å². The van der Waals surface area contributed by atoms with E-state index in [1.54, 1.807) is 18.0 Å². The summed E-state index contributed by atoms with van der Waals surface area (Å²) in [5.74, 6) is 0. The second-order valence-corrected chi connectivity index (χ2v) is 3.28. The Morgan fingerprint density at radius 1 is 1.42 bits per heavy atom. The molecule has 1 aliphatic heterocycles. The summed E-state index contributed by atoms with van der Waals surface area (Å²) < 4.78 is 0. The minimum Gasteiger partial charge on any atom is -0.356 e. The number of hydrogen-bond acceptors (Lipinski definition) is 3. The van der Waals surface area contributed by atoms with Crippen LogP contribution in [0.5, 0.6) is 0 Å². The molecule has 3 heteroatoms. The van der Waals surface area contributed by atoms with Crippen LogP contribution in [0.15, 0.2) is 41.0 Å². The Bertz CT molecular complexity index is 307. The quantitative estimate of drug-likeness (QED) is 0.710. The molecule has 0 unspecified atom stereocenters. The molecule has 0 bridgehead atoms. The number of hydrogen-bond donors (Lipinski definition) is 1. The molecule has 2 rings (SSSR count). The van der Waals surface area contributed by atoms with E-state index < -0.39 is 0 Å². The third-order valence-electron chi connectivity index (χ3n) is 1.46. The van der Waals surface area contributed by atoms with E-state index in [4.69, 9.17) is 0 Å². The maximum Gasteiger partial charge on any atom is 0.0785 e. The summed E-state index contributed by atoms with van der Waals surface area (Å²) in [6.07, 6.45) is 5.73. The van der Waals surface area contributed by atoms with E-state index >= 15 is 0 Å². The highest BCUT2D eigenvalue weighted by atomic mass is 32.2. The first-order valence-corrected chi connectivity index (χ1v) is 4.54. The van der Waals surface area contributed by atoms with Gasteiger partial charge in [0.1, 0.15) is 0 Å². The minimum absolute atomic E-state index is 0.983. The highest BCUT2D eigenvalue weighted by Crippen LogP contribution is 2.20. The zero-order valence-corrected chi connectivity index (χ0v) is 7.21. The van der Waals surface area contributed by atoms with E-state index in [1.807, 2.05) is 35.9 Å². The number of thioether (sulfide) groups is 1. The summed E-state index contributed by atoms with van der Waals surface area (Å²) in [5, 5.41) is 6.24. The first-order chi connectivity index (χ1) is 5.95. The van der Waals surface area contributed by atoms with Gasteiger partial charge < -0.3 is 5.32 Å². The molecule has 1 aliphatic rings. The summed E-state index contributed by atoms with van der Waals surface area (Å²) >= 11 is 1.67. The van der Waals surface area contributed by atoms with Crippen molar-refractivity contribution in [2.75, 3.05) is 0 Å². The van der Waals surface area contributed by atoms with Gasteiger partial charge in [-0.15, -0.1) is 0 Å². The lowest BCUT2D eigenvalue weighted by Crippen LogP contribution is -1.94. The van der Waals surface area contributed by atoms with Gasteiger partial charge in [-0.05, 0) is 23.6 Å². The molecule has 0 fully saturated rings. The number of aromatic nitrogens is 1. The van der Waals surface area contributed by atoms with Crippen molar-refractivity contribution < 1.29 is 0 Å². The van der Waals surface area contributed by atoms with Gasteiger partial charge in [-0.2, -0.15) is 0 Å². The van der Waals surface area contributed by atoms with Crippen molar-refractivity contribution >= 4 is 17.8 Å². The molecule has 1 N–H and O–H groups in total. The van der Waals surface area contributed by atoms with Crippen molar-refractivity contribution in [1.29, 1.82) is 0 Å². The largest absolute Gasteiger partial charge is 0.356 e. The molecule has 1 aromatic heterocycles. The molecule has 12 heavy (non-hydrogen) atoms. The summed E-state index contributed by atoms with van der Waals surface area (Å²) in [7, 11) is 0. The smallest absolute Gasteiger partial charge is 0.0785 e. The molecule has 2 heterocycles. The average molecular weight is 176 g/mol. The van der Waals surface area contributed by atoms with Crippen LogP contribution in [-0.2, 0) is 0 Å². The fourth-order valence-corrected chi connectivity index (χ4v) is 1.54. The highest BCUT2D eigenvalue weighted by molar-refractivity contribution is 8.06. The van der Waals surface area contributed by atoms with Crippen LogP contribution < -0.4 is 5.32 Å². The minimum atomic E-state index is 0.983. The maximum atomic E-state index is 4.18. The Hall–Kier alpha value is -1.22. The summed E-state index contributed by atoms with van der Waals surface area (Å²) in [5.41, 5.74) is 0.983. The average Bonchev–Trinajstić information content (AvgIpc) is 2.59. The molecular weight excluding hydrogens is 168 g/mol. The number of nitrogens with one attached hydrogen (secondary N) is 1. The highest BCUT2D eigenvalue weighted by Gasteiger charge is 1.98. The summed E-state index contributed by atoms with van der Waals surface area (Å²) in [4.78, 5) is 4.18. The molecule has 0 saturated heterocycles. The van der Waals surface area contributed by atoms with E-state index in [1.165, 1.54) is 0 Å². The molecule has 0 amide bonds. The topological polar surface area (TPSA) is 24.9 Å². The van der Waals surface area contributed by atoms with Crippen LogP contribution in [0, 0.1) is 0 Å². The van der Waals surface area contributed by atoms with Crippen LogP contribution in [0.2, 0.25) is 0 Å². The molecule has 1 aromatic rings. The Kier molecular flexibility index (Phi) is 2.14. The molecule has 60 valence electrons. The van der Waals surface area contributed by atoms with Gasteiger partial charge in [0.2, 0.25) is 0 Å². The van der Waals surface area contributed by atoms with Crippen molar-refractivity contribution in [2.45, 2.75) is 0 Å². The zero-order chi connectivity index (χ0) is 8.23. The SMILES string of the molecule is C1=CSC(=Cc2ccccn2)N1. The Morgan fingerprint density at radius 2 is 2.42 bits per heavy atom. The molecule has 2 nitrogen and oxygen atoms in total. The van der Waals surface area contributed by atoms with Gasteiger partial charge in [0.15, 0.2) is 0 Å². The number of rotatable bonds is 1. The third-order valence-corrected chi connectivity index (χ3v) is 2.22. The van der Waals surface area contributed by atoms with Crippen LogP contribution in [-0.4, -0.2) is 4.98 Å². The van der Waals surface area contributed by atoms with Crippen molar-refractivity contribution in [3.8, 4) is 0 Å². The van der Waals surface area contributed by atoms with Crippen molar-refractivity contribution in [3.05, 3.63) is 46.7 Å². The molecule has 0 saturated carbocycles. The van der Waals surface area contributed by atoms with Crippen molar-refractivity contribution in [2.24, 2.45) is 0 Å². The van der Waals surface area contributed by atoms with Gasteiger partial charge in [-0.3, -0.25) is 4.98 Å². The molecular formula is C9H8N2S. The maximum absolute atomic E-state index is 4.18. The molecule has 0 aromatic carbocycles. The van der Waals surface area contributed by atoms with Crippen molar-refractivity contribution in [3.63, 3.8) is 0 Å². The fraction of sp³-hybridized carbons (Fsp3) is 0. The second-order valence-electron chi connectivity index (χ2n) is 2.33. The normalized spacial score (nSPS) is 18.2. The lowest BCUT2D eigenvalue weighted by Gasteiger charge is -1.95. The van der Waals surface area contributed by atoms with Gasteiger partial charge in [0.05, 0.1) is 10.7 Å². The predicted molar refractivity (Wildman–Crippen MR) is 52.1 cm³/mol. The summed E-state index contributed by atoms with van der Waals surface area (Å²) in [6.45, 7) is 0. The molecule has 0 spiro atoms. The van der Waals surface area contributed by atoms with Gasteiger partial charge in [0.25, 0.3) is 0 Å². The van der Waals surface area contributed by atoms with Crippen LogP contribution in [0.3, 0.4) is 0 Å². The molecule has 0 aliphatic carbocycles. The zero-order valence-electron chi connectivity index (χ0n) is 6.40. The Labute approximate surface area is 75.4 Å². The predicted octanol–water partition coefficient (Wildman–Crippen LogP) is 2.19. The van der Waals surface area contributed by atoms with Crippen LogP contribution in [0.25, 0.3) is 6.08 Å². The number of pyridine rings is 1. The number of nitrogens with zero attached hydrogens (tertiary/aromatic N) is 1. The lowest BCUT2D eigenvalue weighted by atomic mass is 10.3. The van der Waals surface area contributed by atoms with Gasteiger partial charge in [0, 0.05) is 12.4 Å². The first-order valence-electron chi connectivity index (χ1n) is 3.66. The van der Waals surface area contributed by atoms with Gasteiger partial charge in [-0.1, -0.05) is 17.8 Å². The molecule has 0 atom stereocenters. The lowest BCUT2D eigenvalue weighted by molar-refractivity contribution is 1.19. The van der Waals surface area contributed by atoms with Gasteiger partial charge in [-0.25, -0.2) is 0 Å². The summed E-state index contributed by atoms with van der Waals surface area (Å²) in [6, 6.07) is 5.87. The monoisotopic (exact) mass is 176 g/mol. The van der Waals surface area contributed by atoms with Crippen molar-refractivity contribution in [1.82, 2.24) is 10.3 Å². The van der Waals surface area contributed by atoms with Crippen LogP contribution in [0.4, 0.5) is 0 Å². The van der Waals surface area contributed by atoms with E-state index in [9.17, 15) is 0 Å². The second kappa shape index (κ2) is 3.45. The Balaban J connectivity index is 2.17. The van der Waals surface area contributed by atoms with E-state index in [-0.39, 0.29) is 0 Å². The van der Waals surface area contributed by atoms with E-state index in [2.05, 4.69) is 10.3 Å². The van der Waals surface area contributed by atoms with Crippen LogP contribution in [0.1, 0.15) is 5.69 Å². The first kappa shape index (κ1) is 7.43. The third kappa shape index (κ3) is 1.68. The van der Waals surface area contributed by atoms with E-state index in [0.29, 0.717) is 0 Å². The standard InChI is InChI=1S/C9H8N2S/c1-2-4-10-8(3-1)7-9-11-5-6-12-9/h1-7,11H. The fourth-order valence-electron chi connectivity index (χ4n) is 0.929. The molecule has 0 radical (unpaired) electrons. The van der Waals surface area contributed by atoms with Crippen LogP contribution >= 0.6 is 11.8 Å². The van der Waals surface area contributed by atoms with E-state index in [0.717, 1.165) is 10.7 Å².